The molecule has 1 aliphatic rings. The second-order valence-electron chi connectivity index (χ2n) is 5.46. The highest BCUT2D eigenvalue weighted by Crippen LogP contribution is 2.31. The predicted molar refractivity (Wildman–Crippen MR) is 76.7 cm³/mol. The molecule has 2 heterocycles. The fraction of sp³-hybridized carbons (Fsp3) is 0.467. The van der Waals surface area contributed by atoms with Gasteiger partial charge < -0.3 is 14.6 Å². The third-order valence-electron chi connectivity index (χ3n) is 3.80. The molecule has 2 aromatic rings. The number of benzene rings is 1. The van der Waals surface area contributed by atoms with E-state index < -0.39 is 24.5 Å². The average Bonchev–Trinajstić information content (AvgIpc) is 2.87. The number of aromatic nitrogens is 2. The number of nitrogens with one attached hydrogen (secondary N) is 1. The van der Waals surface area contributed by atoms with Crippen LogP contribution in [0.2, 0.25) is 0 Å². The van der Waals surface area contributed by atoms with E-state index in [0.29, 0.717) is 31.6 Å². The van der Waals surface area contributed by atoms with Crippen LogP contribution in [0.5, 0.6) is 0 Å². The molecule has 0 aliphatic carbocycles. The van der Waals surface area contributed by atoms with Crippen LogP contribution in [0.25, 0.3) is 11.0 Å². The number of para-hydroxylation sites is 2. The van der Waals surface area contributed by atoms with E-state index in [1.165, 1.54) is 12.1 Å². The summed E-state index contributed by atoms with van der Waals surface area (Å²) in [6.45, 7) is 0.687. The fourth-order valence-electron chi connectivity index (χ4n) is 2.71. The number of hydrogen-bond donors (Lipinski definition) is 1. The van der Waals surface area contributed by atoms with Crippen LogP contribution in [0.4, 0.5) is 13.2 Å². The maximum atomic E-state index is 13.2. The van der Waals surface area contributed by atoms with Crippen molar-refractivity contribution in [3.05, 3.63) is 30.1 Å². The zero-order chi connectivity index (χ0) is 16.4. The number of carbonyl (C=O) groups excluding carboxylic acids is 1. The van der Waals surface area contributed by atoms with Crippen molar-refractivity contribution in [3.8, 4) is 0 Å². The Kier molecular flexibility index (Phi) is 4.25. The molecular formula is C15H16F3N3O2. The molecule has 23 heavy (non-hydrogen) atoms. The summed E-state index contributed by atoms with van der Waals surface area (Å²) in [6.07, 6.45) is -3.27. The molecule has 0 radical (unpaired) electrons. The van der Waals surface area contributed by atoms with Gasteiger partial charge in [0.05, 0.1) is 11.0 Å². The van der Waals surface area contributed by atoms with Crippen LogP contribution in [0.3, 0.4) is 0 Å². The summed E-state index contributed by atoms with van der Waals surface area (Å²) < 4.78 is 45.6. The van der Waals surface area contributed by atoms with E-state index in [9.17, 15) is 18.0 Å². The number of alkyl halides is 3. The SMILES string of the molecule is O=C(Cn1c(C(F)(F)F)nc2ccccc21)NC1CCOCC1. The molecule has 0 saturated carbocycles. The van der Waals surface area contributed by atoms with Crippen molar-refractivity contribution < 1.29 is 22.7 Å². The molecule has 1 fully saturated rings. The number of ether oxygens (including phenoxy) is 1. The molecule has 1 N–H and O–H groups in total. The number of amides is 1. The normalized spacial score (nSPS) is 16.7. The Morgan fingerprint density at radius 3 is 2.70 bits per heavy atom. The summed E-state index contributed by atoms with van der Waals surface area (Å²) in [5.74, 6) is -1.51. The molecule has 1 aromatic heterocycles. The van der Waals surface area contributed by atoms with Crippen molar-refractivity contribution >= 4 is 16.9 Å². The molecule has 1 amide bonds. The van der Waals surface area contributed by atoms with Crippen molar-refractivity contribution in [2.24, 2.45) is 0 Å². The molecule has 1 aliphatic heterocycles. The monoisotopic (exact) mass is 327 g/mol. The highest BCUT2D eigenvalue weighted by molar-refractivity contribution is 5.81. The first-order chi connectivity index (χ1) is 10.9. The number of fused-ring (bicyclic) bond motifs is 1. The zero-order valence-electron chi connectivity index (χ0n) is 12.3. The Morgan fingerprint density at radius 1 is 1.30 bits per heavy atom. The van der Waals surface area contributed by atoms with Gasteiger partial charge in [-0.1, -0.05) is 12.1 Å². The van der Waals surface area contributed by atoms with Crippen molar-refractivity contribution in [2.75, 3.05) is 13.2 Å². The van der Waals surface area contributed by atoms with Crippen LogP contribution < -0.4 is 5.32 Å². The van der Waals surface area contributed by atoms with Crippen molar-refractivity contribution in [1.82, 2.24) is 14.9 Å². The maximum absolute atomic E-state index is 13.2. The van der Waals surface area contributed by atoms with Crippen LogP contribution in [-0.4, -0.2) is 34.7 Å². The van der Waals surface area contributed by atoms with Gasteiger partial charge in [-0.25, -0.2) is 4.98 Å². The van der Waals surface area contributed by atoms with E-state index in [1.807, 2.05) is 0 Å². The number of nitrogens with zero attached hydrogens (tertiary/aromatic N) is 2. The van der Waals surface area contributed by atoms with Gasteiger partial charge in [-0.15, -0.1) is 0 Å². The van der Waals surface area contributed by atoms with Crippen LogP contribution in [0, 0.1) is 0 Å². The van der Waals surface area contributed by atoms with E-state index in [2.05, 4.69) is 10.3 Å². The van der Waals surface area contributed by atoms with Crippen LogP contribution in [0.15, 0.2) is 24.3 Å². The van der Waals surface area contributed by atoms with Gasteiger partial charge in [-0.3, -0.25) is 4.79 Å². The molecule has 124 valence electrons. The summed E-state index contributed by atoms with van der Waals surface area (Å²) >= 11 is 0. The topological polar surface area (TPSA) is 56.2 Å². The van der Waals surface area contributed by atoms with Crippen molar-refractivity contribution in [1.29, 1.82) is 0 Å². The standard InChI is InChI=1S/C15H16F3N3O2/c16-15(17,18)14-20-11-3-1-2-4-12(11)21(14)9-13(22)19-10-5-7-23-8-6-10/h1-4,10H,5-9H2,(H,19,22). The lowest BCUT2D eigenvalue weighted by Crippen LogP contribution is -2.40. The molecule has 0 spiro atoms. The largest absolute Gasteiger partial charge is 0.449 e. The van der Waals surface area contributed by atoms with Crippen LogP contribution in [-0.2, 0) is 22.3 Å². The first-order valence-corrected chi connectivity index (χ1v) is 7.35. The lowest BCUT2D eigenvalue weighted by molar-refractivity contribution is -0.147. The molecular weight excluding hydrogens is 311 g/mol. The van der Waals surface area contributed by atoms with Crippen LogP contribution >= 0.6 is 0 Å². The predicted octanol–water partition coefficient (Wildman–Crippen LogP) is 2.35. The zero-order valence-corrected chi connectivity index (χ0v) is 12.3. The molecule has 0 bridgehead atoms. The third-order valence-corrected chi connectivity index (χ3v) is 3.80. The minimum Gasteiger partial charge on any atom is -0.381 e. The molecule has 5 nitrogen and oxygen atoms in total. The minimum atomic E-state index is -4.61. The van der Waals surface area contributed by atoms with Gasteiger partial charge in [0.1, 0.15) is 6.54 Å². The Hall–Kier alpha value is -2.09. The molecule has 0 atom stereocenters. The lowest BCUT2D eigenvalue weighted by Gasteiger charge is -2.23. The molecule has 1 saturated heterocycles. The number of hydrogen-bond acceptors (Lipinski definition) is 3. The Morgan fingerprint density at radius 2 is 2.00 bits per heavy atom. The van der Waals surface area contributed by atoms with E-state index in [4.69, 9.17) is 4.74 Å². The summed E-state index contributed by atoms with van der Waals surface area (Å²) in [5, 5.41) is 2.77. The second kappa shape index (κ2) is 6.19. The van der Waals surface area contributed by atoms with Gasteiger partial charge in [0.2, 0.25) is 11.7 Å². The van der Waals surface area contributed by atoms with Crippen molar-refractivity contribution in [3.63, 3.8) is 0 Å². The van der Waals surface area contributed by atoms with E-state index in [0.717, 1.165) is 4.57 Å². The Labute approximate surface area is 130 Å². The van der Waals surface area contributed by atoms with E-state index in [1.54, 1.807) is 12.1 Å². The average molecular weight is 327 g/mol. The first kappa shape index (κ1) is 15.8. The molecule has 1 aromatic carbocycles. The lowest BCUT2D eigenvalue weighted by atomic mass is 10.1. The summed E-state index contributed by atoms with van der Waals surface area (Å²) in [7, 11) is 0. The fourth-order valence-corrected chi connectivity index (χ4v) is 2.71. The highest BCUT2D eigenvalue weighted by atomic mass is 19.4. The Balaban J connectivity index is 1.84. The molecule has 8 heteroatoms. The van der Waals surface area contributed by atoms with Crippen LogP contribution in [0.1, 0.15) is 18.7 Å². The molecule has 0 unspecified atom stereocenters. The molecule has 3 rings (SSSR count). The Bertz CT molecular complexity index is 706. The number of rotatable bonds is 3. The second-order valence-corrected chi connectivity index (χ2v) is 5.46. The number of carbonyl (C=O) groups is 1. The van der Waals surface area contributed by atoms with Gasteiger partial charge >= 0.3 is 6.18 Å². The summed E-state index contributed by atoms with van der Waals surface area (Å²) in [6, 6.07) is 6.20. The van der Waals surface area contributed by atoms with Crippen molar-refractivity contribution in [2.45, 2.75) is 31.6 Å². The van der Waals surface area contributed by atoms with Gasteiger partial charge in [0, 0.05) is 19.3 Å². The quantitative estimate of drug-likeness (QED) is 0.941. The smallest absolute Gasteiger partial charge is 0.381 e. The van der Waals surface area contributed by atoms with E-state index >= 15 is 0 Å². The van der Waals surface area contributed by atoms with Gasteiger partial charge in [-0.2, -0.15) is 13.2 Å². The number of halogens is 3. The van der Waals surface area contributed by atoms with Gasteiger partial charge in [0.15, 0.2) is 0 Å². The summed E-state index contributed by atoms with van der Waals surface area (Å²) in [5.41, 5.74) is 0.514. The van der Waals surface area contributed by atoms with Gasteiger partial charge in [0.25, 0.3) is 0 Å². The number of imidazole rings is 1. The minimum absolute atomic E-state index is 0.0552. The third kappa shape index (κ3) is 3.47. The van der Waals surface area contributed by atoms with Gasteiger partial charge in [-0.05, 0) is 25.0 Å². The maximum Gasteiger partial charge on any atom is 0.449 e. The van der Waals surface area contributed by atoms with E-state index in [-0.39, 0.29) is 11.6 Å². The highest BCUT2D eigenvalue weighted by Gasteiger charge is 2.38. The summed E-state index contributed by atoms with van der Waals surface area (Å²) in [4.78, 5) is 15.8. The first-order valence-electron chi connectivity index (χ1n) is 7.35.